The van der Waals surface area contributed by atoms with Crippen molar-refractivity contribution in [2.75, 3.05) is 0 Å². The molecule has 2 nitrogen and oxygen atoms in total. The molecule has 0 aliphatic heterocycles. The highest BCUT2D eigenvalue weighted by Gasteiger charge is 2.24. The molecule has 0 aliphatic rings. The van der Waals surface area contributed by atoms with Crippen LogP contribution in [0, 0.1) is 21.0 Å². The van der Waals surface area contributed by atoms with Crippen LogP contribution in [0.5, 0.6) is 0 Å². The van der Waals surface area contributed by atoms with Crippen LogP contribution in [0.2, 0.25) is 0 Å². The van der Waals surface area contributed by atoms with E-state index in [0.29, 0.717) is 0 Å². The van der Waals surface area contributed by atoms with Gasteiger partial charge in [-0.25, -0.2) is 0 Å². The van der Waals surface area contributed by atoms with E-state index in [4.69, 9.17) is 0 Å². The summed E-state index contributed by atoms with van der Waals surface area (Å²) in [6.07, 6.45) is 0. The maximum absolute atomic E-state index is 12.7. The summed E-state index contributed by atoms with van der Waals surface area (Å²) in [7, 11) is 0. The lowest BCUT2D eigenvalue weighted by Crippen LogP contribution is -3.62. The van der Waals surface area contributed by atoms with E-state index in [0.717, 1.165) is 25.7 Å². The number of hydrogen-bond donors (Lipinski definition) is 1. The highest BCUT2D eigenvalue weighted by molar-refractivity contribution is 5.79. The Balaban J connectivity index is 2.18. The standard InChI is InChI=1S/C17H14INO/c1-11-8-9-15-14(10-11)17(20)16(12(2)19-15)18-13-6-4-3-5-7-13/h3-10H,1-2H3/p+1. The Morgan fingerprint density at radius 3 is 2.50 bits per heavy atom. The quantitative estimate of drug-likeness (QED) is 0.641. The van der Waals surface area contributed by atoms with Gasteiger partial charge in [-0.05, 0) is 38.1 Å². The number of halogens is 1. The normalized spacial score (nSPS) is 10.9. The molecule has 0 fully saturated rings. The molecule has 0 saturated carbocycles. The van der Waals surface area contributed by atoms with E-state index in [1.54, 1.807) is 0 Å². The van der Waals surface area contributed by atoms with Crippen molar-refractivity contribution in [3.63, 3.8) is 0 Å². The summed E-state index contributed by atoms with van der Waals surface area (Å²) in [5, 5.41) is 0.807. The fourth-order valence-corrected chi connectivity index (χ4v) is 4.67. The molecule has 1 aromatic heterocycles. The molecule has 1 heterocycles. The number of aryl methyl sites for hydroxylation is 2. The zero-order valence-corrected chi connectivity index (χ0v) is 13.6. The third-order valence-electron chi connectivity index (χ3n) is 3.21. The Morgan fingerprint density at radius 2 is 1.75 bits per heavy atom. The molecule has 3 rings (SSSR count). The number of aromatic amines is 1. The molecule has 0 bridgehead atoms. The van der Waals surface area contributed by atoms with Crippen LogP contribution in [0.1, 0.15) is 11.3 Å². The minimum Gasteiger partial charge on any atom is -0.355 e. The van der Waals surface area contributed by atoms with E-state index >= 15 is 0 Å². The molecule has 2 aromatic carbocycles. The number of hydrogen-bond acceptors (Lipinski definition) is 1. The zero-order valence-electron chi connectivity index (χ0n) is 11.4. The molecule has 0 saturated heterocycles. The summed E-state index contributed by atoms with van der Waals surface area (Å²) >= 11 is -0.443. The summed E-state index contributed by atoms with van der Waals surface area (Å²) in [6.45, 7) is 4.02. The predicted octanol–water partition coefficient (Wildman–Crippen LogP) is 0.273. The molecule has 0 amide bonds. The van der Waals surface area contributed by atoms with Crippen molar-refractivity contribution in [3.05, 3.63) is 77.2 Å². The molecule has 0 atom stereocenters. The minimum absolute atomic E-state index is 0.191. The fraction of sp³-hybridized carbons (Fsp3) is 0.118. The summed E-state index contributed by atoms with van der Waals surface area (Å²) in [6, 6.07) is 16.3. The van der Waals surface area contributed by atoms with Gasteiger partial charge in [0.1, 0.15) is 0 Å². The Hall–Kier alpha value is -1.62. The molecule has 3 aromatic rings. The SMILES string of the molecule is Cc1ccc2[nH]c(C)c([I+]c3ccccc3)c(=O)c2c1. The number of pyridine rings is 1. The molecular weight excluding hydrogens is 361 g/mol. The maximum Gasteiger partial charge on any atom is 0.364 e. The summed E-state index contributed by atoms with van der Waals surface area (Å²) < 4.78 is 2.24. The van der Waals surface area contributed by atoms with Gasteiger partial charge < -0.3 is 4.98 Å². The van der Waals surface area contributed by atoms with E-state index in [1.807, 2.05) is 50.2 Å². The van der Waals surface area contributed by atoms with Crippen LogP contribution in [-0.2, 0) is 0 Å². The summed E-state index contributed by atoms with van der Waals surface area (Å²) in [4.78, 5) is 16.1. The van der Waals surface area contributed by atoms with Crippen molar-refractivity contribution in [3.8, 4) is 0 Å². The van der Waals surface area contributed by atoms with E-state index < -0.39 is 21.2 Å². The lowest BCUT2D eigenvalue weighted by molar-refractivity contribution is -0.599. The number of rotatable bonds is 2. The largest absolute Gasteiger partial charge is 0.364 e. The van der Waals surface area contributed by atoms with Crippen LogP contribution >= 0.6 is 0 Å². The average Bonchev–Trinajstić information content (AvgIpc) is 2.46. The zero-order chi connectivity index (χ0) is 14.1. The first-order valence-corrected chi connectivity index (χ1v) is 8.64. The molecule has 100 valence electrons. The van der Waals surface area contributed by atoms with Crippen LogP contribution in [0.15, 0.2) is 53.3 Å². The first-order chi connectivity index (χ1) is 9.65. The van der Waals surface area contributed by atoms with Gasteiger partial charge in [0.2, 0.25) is 5.43 Å². The number of benzene rings is 2. The van der Waals surface area contributed by atoms with Crippen LogP contribution in [0.3, 0.4) is 0 Å². The second-order valence-electron chi connectivity index (χ2n) is 4.83. The van der Waals surface area contributed by atoms with Gasteiger partial charge in [-0.2, -0.15) is 0 Å². The van der Waals surface area contributed by atoms with Gasteiger partial charge in [0.15, 0.2) is 3.57 Å². The number of nitrogens with one attached hydrogen (secondary N) is 1. The average molecular weight is 376 g/mol. The Kier molecular flexibility index (Phi) is 3.61. The molecule has 0 spiro atoms. The molecule has 1 N–H and O–H groups in total. The molecule has 0 aliphatic carbocycles. The number of H-pyrrole nitrogens is 1. The predicted molar refractivity (Wildman–Crippen MR) is 77.9 cm³/mol. The summed E-state index contributed by atoms with van der Waals surface area (Å²) in [5.74, 6) is 0. The van der Waals surface area contributed by atoms with Crippen molar-refractivity contribution < 1.29 is 21.2 Å². The topological polar surface area (TPSA) is 32.9 Å². The van der Waals surface area contributed by atoms with Crippen LogP contribution in [0.4, 0.5) is 0 Å². The molecule has 20 heavy (non-hydrogen) atoms. The summed E-state index contributed by atoms with van der Waals surface area (Å²) in [5.41, 5.74) is 3.24. The molecular formula is C17H15INO+. The molecule has 3 heteroatoms. The lowest BCUT2D eigenvalue weighted by atomic mass is 10.1. The maximum atomic E-state index is 12.7. The van der Waals surface area contributed by atoms with Gasteiger partial charge >= 0.3 is 21.2 Å². The van der Waals surface area contributed by atoms with Crippen LogP contribution in [0.25, 0.3) is 10.9 Å². The third kappa shape index (κ3) is 2.50. The van der Waals surface area contributed by atoms with E-state index in [-0.39, 0.29) is 5.43 Å². The van der Waals surface area contributed by atoms with Crippen molar-refractivity contribution in [1.29, 1.82) is 0 Å². The Labute approximate surface area is 128 Å². The highest BCUT2D eigenvalue weighted by Crippen LogP contribution is 2.10. The highest BCUT2D eigenvalue weighted by atomic mass is 127. The van der Waals surface area contributed by atoms with E-state index in [2.05, 4.69) is 17.1 Å². The number of aromatic nitrogens is 1. The lowest BCUT2D eigenvalue weighted by Gasteiger charge is -2.01. The van der Waals surface area contributed by atoms with Gasteiger partial charge in [-0.15, -0.1) is 0 Å². The van der Waals surface area contributed by atoms with Gasteiger partial charge in [0.05, 0.1) is 11.1 Å². The molecule has 0 unspecified atom stereocenters. The van der Waals surface area contributed by atoms with Gasteiger partial charge in [-0.1, -0.05) is 29.8 Å². The van der Waals surface area contributed by atoms with E-state index in [9.17, 15) is 4.79 Å². The van der Waals surface area contributed by atoms with Crippen molar-refractivity contribution in [2.45, 2.75) is 13.8 Å². The number of fused-ring (bicyclic) bond motifs is 1. The minimum atomic E-state index is -0.443. The fourth-order valence-electron chi connectivity index (χ4n) is 2.20. The van der Waals surface area contributed by atoms with Crippen molar-refractivity contribution >= 4 is 10.9 Å². The second-order valence-corrected chi connectivity index (χ2v) is 7.70. The smallest absolute Gasteiger partial charge is 0.355 e. The van der Waals surface area contributed by atoms with Gasteiger partial charge in [0.25, 0.3) is 3.57 Å². The first kappa shape index (κ1) is 13.4. The monoisotopic (exact) mass is 376 g/mol. The van der Waals surface area contributed by atoms with Crippen LogP contribution in [-0.4, -0.2) is 4.98 Å². The Bertz CT molecular complexity index is 822. The second kappa shape index (κ2) is 5.40. The van der Waals surface area contributed by atoms with Gasteiger partial charge in [0, 0.05) is 5.52 Å². The van der Waals surface area contributed by atoms with E-state index in [1.165, 1.54) is 3.57 Å². The van der Waals surface area contributed by atoms with Crippen molar-refractivity contribution in [2.24, 2.45) is 0 Å². The van der Waals surface area contributed by atoms with Crippen LogP contribution < -0.4 is 26.6 Å². The van der Waals surface area contributed by atoms with Gasteiger partial charge in [-0.3, -0.25) is 4.79 Å². The molecule has 0 radical (unpaired) electrons. The third-order valence-corrected chi connectivity index (χ3v) is 6.39. The first-order valence-electron chi connectivity index (χ1n) is 6.48. The Morgan fingerprint density at radius 1 is 1.00 bits per heavy atom. The van der Waals surface area contributed by atoms with Crippen molar-refractivity contribution in [1.82, 2.24) is 4.98 Å².